The number of aliphatic hydroxyl groups excluding tert-OH is 1. The molecule has 0 aliphatic carbocycles. The zero-order valence-electron chi connectivity index (χ0n) is 13.1. The van der Waals surface area contributed by atoms with E-state index in [0.717, 1.165) is 0 Å². The van der Waals surface area contributed by atoms with Crippen LogP contribution in [0.15, 0.2) is 0 Å². The highest BCUT2D eigenvalue weighted by molar-refractivity contribution is 5.36. The molecular formula is C13H25N5O3. The number of methoxy groups -OCH3 is 1. The van der Waals surface area contributed by atoms with Gasteiger partial charge in [0.15, 0.2) is 0 Å². The summed E-state index contributed by atoms with van der Waals surface area (Å²) in [6.07, 6.45) is 0.512. The van der Waals surface area contributed by atoms with Crippen LogP contribution in [0.5, 0.6) is 6.01 Å². The standard InChI is InChI=1S/C13H25N5O3/c1-5-14-11-16-12(15-10(6-7-19)8-20-4)18-13(17-11)21-9(2)3/h9-10,19H,5-8H2,1-4H3,(H2,14,15,16,17,18). The van der Waals surface area contributed by atoms with Crippen molar-refractivity contribution in [3.63, 3.8) is 0 Å². The highest BCUT2D eigenvalue weighted by Gasteiger charge is 2.13. The van der Waals surface area contributed by atoms with Crippen molar-refractivity contribution in [1.82, 2.24) is 15.0 Å². The maximum atomic E-state index is 9.07. The molecule has 0 bridgehead atoms. The van der Waals surface area contributed by atoms with Crippen molar-refractivity contribution in [3.8, 4) is 6.01 Å². The van der Waals surface area contributed by atoms with E-state index in [9.17, 15) is 0 Å². The van der Waals surface area contributed by atoms with Crippen LogP contribution in [0.4, 0.5) is 11.9 Å². The van der Waals surface area contributed by atoms with Gasteiger partial charge in [-0.2, -0.15) is 15.0 Å². The summed E-state index contributed by atoms with van der Waals surface area (Å²) in [5, 5.41) is 15.2. The number of hydrogen-bond donors (Lipinski definition) is 3. The average Bonchev–Trinajstić information content (AvgIpc) is 2.38. The van der Waals surface area contributed by atoms with Gasteiger partial charge in [-0.25, -0.2) is 0 Å². The first kappa shape index (κ1) is 17.4. The quantitative estimate of drug-likeness (QED) is 0.586. The van der Waals surface area contributed by atoms with Crippen molar-refractivity contribution in [2.75, 3.05) is 37.5 Å². The molecule has 8 heteroatoms. The van der Waals surface area contributed by atoms with Gasteiger partial charge in [-0.15, -0.1) is 0 Å². The predicted molar refractivity (Wildman–Crippen MR) is 80.7 cm³/mol. The third-order valence-corrected chi connectivity index (χ3v) is 2.47. The van der Waals surface area contributed by atoms with Gasteiger partial charge in [-0.3, -0.25) is 0 Å². The van der Waals surface area contributed by atoms with Crippen LogP contribution >= 0.6 is 0 Å². The third kappa shape index (κ3) is 6.54. The van der Waals surface area contributed by atoms with E-state index in [-0.39, 0.29) is 24.8 Å². The molecule has 120 valence electrons. The molecular weight excluding hydrogens is 274 g/mol. The fourth-order valence-electron chi connectivity index (χ4n) is 1.66. The van der Waals surface area contributed by atoms with Gasteiger partial charge in [0.1, 0.15) is 0 Å². The lowest BCUT2D eigenvalue weighted by molar-refractivity contribution is 0.169. The second kappa shape index (κ2) is 9.30. The molecule has 0 saturated carbocycles. The Balaban J connectivity index is 2.89. The fourth-order valence-corrected chi connectivity index (χ4v) is 1.66. The van der Waals surface area contributed by atoms with Gasteiger partial charge in [0, 0.05) is 20.3 Å². The largest absolute Gasteiger partial charge is 0.461 e. The Morgan fingerprint density at radius 1 is 1.19 bits per heavy atom. The molecule has 3 N–H and O–H groups in total. The molecule has 0 aromatic carbocycles. The number of rotatable bonds is 10. The number of nitrogens with zero attached hydrogens (tertiary/aromatic N) is 3. The second-order valence-electron chi connectivity index (χ2n) is 4.77. The van der Waals surface area contributed by atoms with Gasteiger partial charge in [0.05, 0.1) is 18.8 Å². The summed E-state index contributed by atoms with van der Waals surface area (Å²) in [4.78, 5) is 12.7. The van der Waals surface area contributed by atoms with E-state index in [4.69, 9.17) is 14.6 Å². The van der Waals surface area contributed by atoms with Crippen molar-refractivity contribution < 1.29 is 14.6 Å². The molecule has 1 heterocycles. The van der Waals surface area contributed by atoms with Crippen LogP contribution in [0, 0.1) is 0 Å². The van der Waals surface area contributed by atoms with Gasteiger partial charge >= 0.3 is 6.01 Å². The first-order chi connectivity index (χ1) is 10.1. The molecule has 1 unspecified atom stereocenters. The number of aromatic nitrogens is 3. The Kier molecular flexibility index (Phi) is 7.70. The SMILES string of the molecule is CCNc1nc(NC(CCO)COC)nc(OC(C)C)n1. The van der Waals surface area contributed by atoms with Crippen LogP contribution in [-0.2, 0) is 4.74 Å². The van der Waals surface area contributed by atoms with E-state index < -0.39 is 0 Å². The average molecular weight is 299 g/mol. The van der Waals surface area contributed by atoms with Crippen molar-refractivity contribution in [3.05, 3.63) is 0 Å². The lowest BCUT2D eigenvalue weighted by Crippen LogP contribution is -2.27. The van der Waals surface area contributed by atoms with E-state index in [1.807, 2.05) is 20.8 Å². The van der Waals surface area contributed by atoms with Crippen LogP contribution in [-0.4, -0.2) is 59.1 Å². The van der Waals surface area contributed by atoms with Crippen LogP contribution in [0.2, 0.25) is 0 Å². The lowest BCUT2D eigenvalue weighted by atomic mass is 10.2. The predicted octanol–water partition coefficient (Wildman–Crippen LogP) is 0.900. The lowest BCUT2D eigenvalue weighted by Gasteiger charge is -2.18. The summed E-state index contributed by atoms with van der Waals surface area (Å²) < 4.78 is 10.6. The van der Waals surface area contributed by atoms with E-state index in [1.165, 1.54) is 0 Å². The van der Waals surface area contributed by atoms with Gasteiger partial charge in [-0.1, -0.05) is 0 Å². The van der Waals surface area contributed by atoms with Crippen molar-refractivity contribution in [2.24, 2.45) is 0 Å². The Hall–Kier alpha value is -1.67. The smallest absolute Gasteiger partial charge is 0.323 e. The third-order valence-electron chi connectivity index (χ3n) is 2.47. The molecule has 0 aliphatic heterocycles. The van der Waals surface area contributed by atoms with Gasteiger partial charge in [0.2, 0.25) is 11.9 Å². The molecule has 0 fully saturated rings. The molecule has 21 heavy (non-hydrogen) atoms. The fraction of sp³-hybridized carbons (Fsp3) is 0.769. The minimum Gasteiger partial charge on any atom is -0.461 e. The minimum absolute atomic E-state index is 0.0260. The summed E-state index contributed by atoms with van der Waals surface area (Å²) in [6.45, 7) is 6.97. The van der Waals surface area contributed by atoms with E-state index >= 15 is 0 Å². The summed E-state index contributed by atoms with van der Waals surface area (Å²) in [5.41, 5.74) is 0. The highest BCUT2D eigenvalue weighted by Crippen LogP contribution is 2.14. The Morgan fingerprint density at radius 2 is 1.90 bits per heavy atom. The highest BCUT2D eigenvalue weighted by atomic mass is 16.5. The monoisotopic (exact) mass is 299 g/mol. The first-order valence-corrected chi connectivity index (χ1v) is 7.12. The zero-order chi connectivity index (χ0) is 15.7. The molecule has 1 rings (SSSR count). The maximum Gasteiger partial charge on any atom is 0.323 e. The number of nitrogens with one attached hydrogen (secondary N) is 2. The van der Waals surface area contributed by atoms with E-state index in [1.54, 1.807) is 7.11 Å². The number of hydrogen-bond acceptors (Lipinski definition) is 8. The normalized spacial score (nSPS) is 12.3. The number of ether oxygens (including phenoxy) is 2. The topological polar surface area (TPSA) is 101 Å². The maximum absolute atomic E-state index is 9.07. The Morgan fingerprint density at radius 3 is 2.48 bits per heavy atom. The summed E-state index contributed by atoms with van der Waals surface area (Å²) in [7, 11) is 1.61. The molecule has 0 radical (unpaired) electrons. The minimum atomic E-state index is -0.0798. The van der Waals surface area contributed by atoms with Crippen molar-refractivity contribution in [2.45, 2.75) is 39.3 Å². The molecule has 0 spiro atoms. The van der Waals surface area contributed by atoms with Crippen LogP contribution in [0.1, 0.15) is 27.2 Å². The molecule has 1 aromatic heterocycles. The van der Waals surface area contributed by atoms with E-state index in [0.29, 0.717) is 31.5 Å². The molecule has 8 nitrogen and oxygen atoms in total. The number of aliphatic hydroxyl groups is 1. The zero-order valence-corrected chi connectivity index (χ0v) is 13.1. The van der Waals surface area contributed by atoms with Crippen molar-refractivity contribution in [1.29, 1.82) is 0 Å². The van der Waals surface area contributed by atoms with Gasteiger partial charge in [0.25, 0.3) is 0 Å². The van der Waals surface area contributed by atoms with E-state index in [2.05, 4.69) is 25.6 Å². The molecule has 1 aromatic rings. The van der Waals surface area contributed by atoms with Crippen LogP contribution in [0.3, 0.4) is 0 Å². The second-order valence-corrected chi connectivity index (χ2v) is 4.77. The van der Waals surface area contributed by atoms with Crippen molar-refractivity contribution >= 4 is 11.9 Å². The Bertz CT molecular complexity index is 411. The molecule has 0 amide bonds. The van der Waals surface area contributed by atoms with Crippen LogP contribution in [0.25, 0.3) is 0 Å². The summed E-state index contributed by atoms with van der Waals surface area (Å²) in [5.74, 6) is 0.845. The van der Waals surface area contributed by atoms with Gasteiger partial charge < -0.3 is 25.2 Å². The summed E-state index contributed by atoms with van der Waals surface area (Å²) in [6, 6.07) is 0.183. The number of anilines is 2. The summed E-state index contributed by atoms with van der Waals surface area (Å²) >= 11 is 0. The molecule has 0 saturated heterocycles. The Labute approximate surface area is 125 Å². The molecule has 0 aliphatic rings. The van der Waals surface area contributed by atoms with Gasteiger partial charge in [-0.05, 0) is 27.2 Å². The molecule has 1 atom stereocenters. The first-order valence-electron chi connectivity index (χ1n) is 7.12. The van der Waals surface area contributed by atoms with Crippen LogP contribution < -0.4 is 15.4 Å².